The van der Waals surface area contributed by atoms with Crippen molar-refractivity contribution in [2.24, 2.45) is 0 Å². The Morgan fingerprint density at radius 1 is 1.25 bits per heavy atom. The summed E-state index contributed by atoms with van der Waals surface area (Å²) in [5.74, 6) is -3.18. The van der Waals surface area contributed by atoms with Crippen LogP contribution in [0.4, 0.5) is 0 Å². The smallest absolute Gasteiger partial charge is 0.545 e. The maximum absolute atomic E-state index is 10.6. The first-order chi connectivity index (χ1) is 6.56. The van der Waals surface area contributed by atoms with Crippen molar-refractivity contribution >= 4 is 11.9 Å². The molecular weight excluding hydrogens is 232 g/mol. The molecule has 74 valence electrons. The number of pyridine rings is 1. The molecule has 1 heterocycles. The quantitative estimate of drug-likeness (QED) is 0.488. The van der Waals surface area contributed by atoms with Crippen LogP contribution in [0.15, 0.2) is 12.3 Å². The third-order valence-electron chi connectivity index (χ3n) is 1.77. The first kappa shape index (κ1) is 18.5. The van der Waals surface area contributed by atoms with Gasteiger partial charge in [0.2, 0.25) is 0 Å². The molecule has 0 aliphatic carbocycles. The standard InChI is InChI=1S/C9H9NO4.2Na/c1-2-5-3-6(8(11)12)7(9(13)14)10-4-5;;/h3-4H,2H2,1H3,(H,11,12)(H,13,14);;/q;2*+1/p-2. The van der Waals surface area contributed by atoms with Gasteiger partial charge < -0.3 is 19.8 Å². The Morgan fingerprint density at radius 2 is 1.81 bits per heavy atom. The van der Waals surface area contributed by atoms with Crippen molar-refractivity contribution in [2.45, 2.75) is 13.3 Å². The molecule has 1 rings (SSSR count). The molecule has 0 aromatic carbocycles. The van der Waals surface area contributed by atoms with Gasteiger partial charge in [0.1, 0.15) is 0 Å². The Labute approximate surface area is 137 Å². The summed E-state index contributed by atoms with van der Waals surface area (Å²) >= 11 is 0. The van der Waals surface area contributed by atoms with E-state index in [4.69, 9.17) is 0 Å². The minimum absolute atomic E-state index is 0. The van der Waals surface area contributed by atoms with Crippen molar-refractivity contribution in [1.82, 2.24) is 4.98 Å². The van der Waals surface area contributed by atoms with Gasteiger partial charge in [-0.15, -0.1) is 0 Å². The van der Waals surface area contributed by atoms with Gasteiger partial charge in [0, 0.05) is 11.8 Å². The molecule has 0 atom stereocenters. The second-order valence-electron chi connectivity index (χ2n) is 2.67. The minimum Gasteiger partial charge on any atom is -0.545 e. The molecule has 0 unspecified atom stereocenters. The molecular formula is C9H7NNa2O4. The molecule has 0 fully saturated rings. The number of aromatic carboxylic acids is 2. The monoisotopic (exact) mass is 239 g/mol. The van der Waals surface area contributed by atoms with Gasteiger partial charge in [-0.25, -0.2) is 0 Å². The van der Waals surface area contributed by atoms with E-state index in [1.165, 1.54) is 12.3 Å². The van der Waals surface area contributed by atoms with Crippen LogP contribution in [-0.2, 0) is 6.42 Å². The summed E-state index contributed by atoms with van der Waals surface area (Å²) in [6, 6.07) is 1.23. The van der Waals surface area contributed by atoms with Crippen molar-refractivity contribution in [1.29, 1.82) is 0 Å². The molecule has 0 saturated heterocycles. The number of rotatable bonds is 3. The Balaban J connectivity index is 0. The molecule has 0 aliphatic rings. The van der Waals surface area contributed by atoms with Crippen molar-refractivity contribution in [2.75, 3.05) is 0 Å². The fourth-order valence-electron chi connectivity index (χ4n) is 1.02. The Bertz CT molecular complexity index is 395. The Morgan fingerprint density at radius 3 is 2.19 bits per heavy atom. The summed E-state index contributed by atoms with van der Waals surface area (Å²) in [6.07, 6.45) is 1.87. The Kier molecular flexibility index (Phi) is 9.48. The maximum Gasteiger partial charge on any atom is 1.00 e. The molecule has 0 saturated carbocycles. The van der Waals surface area contributed by atoms with Crippen LogP contribution in [0, 0.1) is 0 Å². The zero-order valence-electron chi connectivity index (χ0n) is 9.44. The van der Waals surface area contributed by atoms with Crippen LogP contribution in [0.3, 0.4) is 0 Å². The summed E-state index contributed by atoms with van der Waals surface area (Å²) in [6.45, 7) is 1.80. The van der Waals surface area contributed by atoms with Crippen LogP contribution in [0.2, 0.25) is 0 Å². The number of nitrogens with zero attached hydrogens (tertiary/aromatic N) is 1. The van der Waals surface area contributed by atoms with E-state index in [0.717, 1.165) is 0 Å². The molecule has 1 aromatic heterocycles. The van der Waals surface area contributed by atoms with Crippen molar-refractivity contribution in [3.05, 3.63) is 29.1 Å². The zero-order valence-corrected chi connectivity index (χ0v) is 13.4. The molecule has 0 amide bonds. The molecule has 0 N–H and O–H groups in total. The average molecular weight is 239 g/mol. The minimum atomic E-state index is -1.62. The largest absolute Gasteiger partial charge is 1.00 e. The van der Waals surface area contributed by atoms with E-state index in [9.17, 15) is 19.8 Å². The molecule has 0 bridgehead atoms. The first-order valence-electron chi connectivity index (χ1n) is 3.97. The van der Waals surface area contributed by atoms with Gasteiger partial charge >= 0.3 is 59.1 Å². The number of hydrogen-bond donors (Lipinski definition) is 0. The summed E-state index contributed by atoms with van der Waals surface area (Å²) in [5.41, 5.74) is -0.402. The number of carbonyl (C=O) groups is 2. The number of carbonyl (C=O) groups excluding carboxylic acids is 2. The predicted molar refractivity (Wildman–Crippen MR) is 42.3 cm³/mol. The molecule has 1 aromatic rings. The van der Waals surface area contributed by atoms with Crippen molar-refractivity contribution in [3.63, 3.8) is 0 Å². The molecule has 7 heteroatoms. The second-order valence-corrected chi connectivity index (χ2v) is 2.67. The fraction of sp³-hybridized carbons (Fsp3) is 0.222. The van der Waals surface area contributed by atoms with Gasteiger partial charge in [0.05, 0.1) is 17.6 Å². The van der Waals surface area contributed by atoms with Gasteiger partial charge in [-0.2, -0.15) is 0 Å². The van der Waals surface area contributed by atoms with Gasteiger partial charge in [0.15, 0.2) is 0 Å². The normalized spacial score (nSPS) is 8.56. The predicted octanol–water partition coefficient (Wildman–Crippen LogP) is -7.62. The van der Waals surface area contributed by atoms with E-state index >= 15 is 0 Å². The van der Waals surface area contributed by atoms with Crippen LogP contribution >= 0.6 is 0 Å². The van der Waals surface area contributed by atoms with Crippen LogP contribution in [0.1, 0.15) is 33.3 Å². The maximum atomic E-state index is 10.6. The van der Waals surface area contributed by atoms with Gasteiger partial charge in [-0.3, -0.25) is 4.98 Å². The summed E-state index contributed by atoms with van der Waals surface area (Å²) in [7, 11) is 0. The molecule has 0 radical (unpaired) electrons. The number of aromatic nitrogens is 1. The number of carboxylic acids is 2. The molecule has 5 nitrogen and oxygen atoms in total. The third-order valence-corrected chi connectivity index (χ3v) is 1.77. The van der Waals surface area contributed by atoms with Crippen molar-refractivity contribution in [3.8, 4) is 0 Å². The van der Waals surface area contributed by atoms with Crippen LogP contribution in [-0.4, -0.2) is 16.9 Å². The van der Waals surface area contributed by atoms with Crippen LogP contribution in [0.5, 0.6) is 0 Å². The zero-order chi connectivity index (χ0) is 10.7. The number of carboxylic acid groups (broad SMARTS) is 2. The van der Waals surface area contributed by atoms with Crippen LogP contribution < -0.4 is 69.3 Å². The van der Waals surface area contributed by atoms with E-state index in [-0.39, 0.29) is 59.1 Å². The van der Waals surface area contributed by atoms with Crippen LogP contribution in [0.25, 0.3) is 0 Å². The average Bonchev–Trinajstić information content (AvgIpc) is 2.16. The van der Waals surface area contributed by atoms with E-state index < -0.39 is 23.2 Å². The van der Waals surface area contributed by atoms with Crippen molar-refractivity contribution < 1.29 is 78.9 Å². The third kappa shape index (κ3) is 4.53. The van der Waals surface area contributed by atoms with E-state index in [1.807, 2.05) is 0 Å². The first-order valence-corrected chi connectivity index (χ1v) is 3.97. The molecule has 0 spiro atoms. The van der Waals surface area contributed by atoms with E-state index in [1.54, 1.807) is 6.92 Å². The van der Waals surface area contributed by atoms with Gasteiger partial charge in [0.25, 0.3) is 0 Å². The Hall–Kier alpha value is 0.0900. The topological polar surface area (TPSA) is 93.2 Å². The summed E-state index contributed by atoms with van der Waals surface area (Å²) in [4.78, 5) is 24.5. The summed E-state index contributed by atoms with van der Waals surface area (Å²) < 4.78 is 0. The van der Waals surface area contributed by atoms with Gasteiger partial charge in [-0.05, 0) is 18.1 Å². The molecule has 0 aliphatic heterocycles. The molecule has 16 heavy (non-hydrogen) atoms. The second kappa shape index (κ2) is 8.22. The SMILES string of the molecule is CCc1cnc(C(=O)[O-])c(C(=O)[O-])c1.[Na+].[Na+]. The van der Waals surface area contributed by atoms with E-state index in [2.05, 4.69) is 4.98 Å². The van der Waals surface area contributed by atoms with E-state index in [0.29, 0.717) is 12.0 Å². The summed E-state index contributed by atoms with van der Waals surface area (Å²) in [5, 5.41) is 21.0. The number of hydrogen-bond acceptors (Lipinski definition) is 5. The fourth-order valence-corrected chi connectivity index (χ4v) is 1.02. The van der Waals surface area contributed by atoms with Gasteiger partial charge in [-0.1, -0.05) is 6.92 Å². The number of aryl methyl sites for hydroxylation is 1.